The molecular formula is C19H15N7O3S2. The number of aromatic nitrogens is 5. The van der Waals surface area contributed by atoms with E-state index in [1.165, 1.54) is 35.2 Å². The Bertz CT molecular complexity index is 1210. The number of nitro benzene ring substituents is 1. The Balaban J connectivity index is 1.33. The number of tetrazole rings is 1. The third-order valence-corrected chi connectivity index (χ3v) is 5.91. The maximum atomic E-state index is 12.3. The first-order valence-electron chi connectivity index (χ1n) is 9.03. The van der Waals surface area contributed by atoms with Gasteiger partial charge in [0, 0.05) is 29.6 Å². The number of nitrogens with one attached hydrogen (secondary N) is 1. The largest absolute Gasteiger partial charge is 0.301 e. The fraction of sp³-hybridized carbons (Fsp3) is 0.105. The first-order chi connectivity index (χ1) is 15.1. The zero-order chi connectivity index (χ0) is 21.6. The lowest BCUT2D eigenvalue weighted by atomic mass is 10.1. The van der Waals surface area contributed by atoms with E-state index in [0.29, 0.717) is 16.7 Å². The average Bonchev–Trinajstić information content (AvgIpc) is 3.42. The van der Waals surface area contributed by atoms with Gasteiger partial charge in [-0.3, -0.25) is 14.9 Å². The number of thiazole rings is 1. The third-order valence-electron chi connectivity index (χ3n) is 4.07. The molecule has 4 rings (SSSR count). The molecule has 0 spiro atoms. The van der Waals surface area contributed by atoms with Crippen LogP contribution >= 0.6 is 23.1 Å². The molecule has 2 aromatic heterocycles. The number of benzene rings is 2. The van der Waals surface area contributed by atoms with E-state index in [0.717, 1.165) is 16.1 Å². The van der Waals surface area contributed by atoms with E-state index >= 15 is 0 Å². The lowest BCUT2D eigenvalue weighted by Gasteiger charge is -2.04. The minimum Gasteiger partial charge on any atom is -0.301 e. The van der Waals surface area contributed by atoms with Crippen LogP contribution in [0.15, 0.2) is 66.0 Å². The van der Waals surface area contributed by atoms with Gasteiger partial charge in [-0.1, -0.05) is 42.1 Å². The standard InChI is InChI=1S/C19H15N7O3S2/c27-17(12-30-19-22-23-24-25(19)14-6-2-1-3-7-14)21-18-20-11-16(31-18)10-13-5-4-8-15(9-13)26(28)29/h1-9,11H,10,12H2,(H,20,21,27). The van der Waals surface area contributed by atoms with Crippen molar-refractivity contribution < 1.29 is 9.72 Å². The lowest BCUT2D eigenvalue weighted by molar-refractivity contribution is -0.384. The molecule has 0 bridgehead atoms. The second-order valence-electron chi connectivity index (χ2n) is 6.28. The Hall–Kier alpha value is -3.64. The van der Waals surface area contributed by atoms with Gasteiger partial charge in [-0.15, -0.1) is 16.4 Å². The molecular weight excluding hydrogens is 438 g/mol. The summed E-state index contributed by atoms with van der Waals surface area (Å²) in [5.41, 5.74) is 1.66. The number of hydrogen-bond donors (Lipinski definition) is 1. The summed E-state index contributed by atoms with van der Waals surface area (Å²) in [4.78, 5) is 27.9. The van der Waals surface area contributed by atoms with Gasteiger partial charge in [0.2, 0.25) is 11.1 Å². The Morgan fingerprint density at radius 2 is 2.03 bits per heavy atom. The molecule has 0 aliphatic heterocycles. The fourth-order valence-corrected chi connectivity index (χ4v) is 4.27. The van der Waals surface area contributed by atoms with Crippen LogP contribution in [0.5, 0.6) is 0 Å². The number of rotatable bonds is 8. The topological polar surface area (TPSA) is 129 Å². The Kier molecular flexibility index (Phi) is 6.29. The predicted octanol–water partition coefficient (Wildman–Crippen LogP) is 3.35. The molecule has 2 aromatic carbocycles. The number of carbonyl (C=O) groups is 1. The smallest absolute Gasteiger partial charge is 0.269 e. The number of carbonyl (C=O) groups excluding carboxylic acids is 1. The van der Waals surface area contributed by atoms with Gasteiger partial charge in [0.15, 0.2) is 5.13 Å². The molecule has 1 N–H and O–H groups in total. The van der Waals surface area contributed by atoms with E-state index < -0.39 is 4.92 Å². The quantitative estimate of drug-likeness (QED) is 0.244. The minimum absolute atomic E-state index is 0.0467. The van der Waals surface area contributed by atoms with Crippen molar-refractivity contribution in [2.45, 2.75) is 11.6 Å². The van der Waals surface area contributed by atoms with Crippen LogP contribution in [0.25, 0.3) is 5.69 Å². The highest BCUT2D eigenvalue weighted by Gasteiger charge is 2.13. The Labute approximate surface area is 184 Å². The average molecular weight is 454 g/mol. The second-order valence-corrected chi connectivity index (χ2v) is 8.34. The van der Waals surface area contributed by atoms with Crippen LogP contribution in [0.4, 0.5) is 10.8 Å². The Morgan fingerprint density at radius 1 is 1.19 bits per heavy atom. The molecule has 0 aliphatic carbocycles. The van der Waals surface area contributed by atoms with Crippen molar-refractivity contribution in [1.29, 1.82) is 0 Å². The normalized spacial score (nSPS) is 10.7. The second kappa shape index (κ2) is 9.45. The van der Waals surface area contributed by atoms with Crippen LogP contribution in [0, 0.1) is 10.1 Å². The number of nitro groups is 1. The highest BCUT2D eigenvalue weighted by molar-refractivity contribution is 7.99. The van der Waals surface area contributed by atoms with Gasteiger partial charge in [-0.25, -0.2) is 4.98 Å². The molecule has 156 valence electrons. The molecule has 10 nitrogen and oxygen atoms in total. The van der Waals surface area contributed by atoms with Crippen molar-refractivity contribution in [2.75, 3.05) is 11.1 Å². The van der Waals surface area contributed by atoms with Crippen molar-refractivity contribution in [3.63, 3.8) is 0 Å². The molecule has 0 saturated carbocycles. The first-order valence-corrected chi connectivity index (χ1v) is 10.8. The van der Waals surface area contributed by atoms with Gasteiger partial charge >= 0.3 is 0 Å². The summed E-state index contributed by atoms with van der Waals surface area (Å²) < 4.78 is 1.57. The molecule has 0 fully saturated rings. The highest BCUT2D eigenvalue weighted by Crippen LogP contribution is 2.24. The van der Waals surface area contributed by atoms with Crippen molar-refractivity contribution >= 4 is 39.8 Å². The SMILES string of the molecule is O=C(CSc1nnnn1-c1ccccc1)Nc1ncc(Cc2cccc([N+](=O)[O-])c2)s1. The third kappa shape index (κ3) is 5.29. The molecule has 4 aromatic rings. The molecule has 12 heteroatoms. The zero-order valence-electron chi connectivity index (χ0n) is 15.9. The summed E-state index contributed by atoms with van der Waals surface area (Å²) in [5, 5.41) is 26.2. The van der Waals surface area contributed by atoms with Crippen molar-refractivity contribution in [3.8, 4) is 5.69 Å². The summed E-state index contributed by atoms with van der Waals surface area (Å²) >= 11 is 2.54. The number of amides is 1. The van der Waals surface area contributed by atoms with Crippen LogP contribution in [-0.4, -0.2) is 41.8 Å². The van der Waals surface area contributed by atoms with Crippen molar-refractivity contribution in [1.82, 2.24) is 25.2 Å². The summed E-state index contributed by atoms with van der Waals surface area (Å²) in [6, 6.07) is 15.9. The van der Waals surface area contributed by atoms with Gasteiger partial charge < -0.3 is 5.32 Å². The van der Waals surface area contributed by atoms with Gasteiger partial charge in [0.25, 0.3) is 5.69 Å². The molecule has 2 heterocycles. The highest BCUT2D eigenvalue weighted by atomic mass is 32.2. The molecule has 1 amide bonds. The number of non-ortho nitro benzene ring substituents is 1. The molecule has 31 heavy (non-hydrogen) atoms. The number of para-hydroxylation sites is 1. The molecule has 0 unspecified atom stereocenters. The summed E-state index contributed by atoms with van der Waals surface area (Å²) in [5.74, 6) is -0.114. The van der Waals surface area contributed by atoms with Crippen molar-refractivity contribution in [2.24, 2.45) is 0 Å². The maximum absolute atomic E-state index is 12.3. The maximum Gasteiger partial charge on any atom is 0.269 e. The number of nitrogens with zero attached hydrogens (tertiary/aromatic N) is 6. The number of thioether (sulfide) groups is 1. The number of anilines is 1. The van der Waals surface area contributed by atoms with Crippen LogP contribution in [0.1, 0.15) is 10.4 Å². The van der Waals surface area contributed by atoms with E-state index in [1.807, 2.05) is 36.4 Å². The van der Waals surface area contributed by atoms with E-state index in [4.69, 9.17) is 0 Å². The number of hydrogen-bond acceptors (Lipinski definition) is 9. The van der Waals surface area contributed by atoms with Crippen molar-refractivity contribution in [3.05, 3.63) is 81.3 Å². The minimum atomic E-state index is -0.423. The Morgan fingerprint density at radius 3 is 2.84 bits per heavy atom. The molecule has 0 radical (unpaired) electrons. The molecule has 0 atom stereocenters. The van der Waals surface area contributed by atoms with E-state index in [-0.39, 0.29) is 17.3 Å². The van der Waals surface area contributed by atoms with Crippen LogP contribution in [-0.2, 0) is 11.2 Å². The van der Waals surface area contributed by atoms with Crippen LogP contribution in [0.3, 0.4) is 0 Å². The summed E-state index contributed by atoms with van der Waals surface area (Å²) in [6.45, 7) is 0. The predicted molar refractivity (Wildman–Crippen MR) is 117 cm³/mol. The molecule has 0 saturated heterocycles. The lowest BCUT2D eigenvalue weighted by Crippen LogP contribution is -2.14. The van der Waals surface area contributed by atoms with Crippen LogP contribution in [0.2, 0.25) is 0 Å². The van der Waals surface area contributed by atoms with Gasteiger partial charge in [0.1, 0.15) is 0 Å². The van der Waals surface area contributed by atoms with E-state index in [9.17, 15) is 14.9 Å². The van der Waals surface area contributed by atoms with Crippen LogP contribution < -0.4 is 5.32 Å². The van der Waals surface area contributed by atoms with E-state index in [1.54, 1.807) is 16.9 Å². The molecule has 0 aliphatic rings. The summed E-state index contributed by atoms with van der Waals surface area (Å²) in [7, 11) is 0. The zero-order valence-corrected chi connectivity index (χ0v) is 17.5. The summed E-state index contributed by atoms with van der Waals surface area (Å²) in [6.07, 6.45) is 2.15. The fourth-order valence-electron chi connectivity index (χ4n) is 2.71. The van der Waals surface area contributed by atoms with Gasteiger partial charge in [0.05, 0.1) is 16.4 Å². The van der Waals surface area contributed by atoms with Gasteiger partial charge in [-0.05, 0) is 28.1 Å². The first kappa shape index (κ1) is 20.6. The monoisotopic (exact) mass is 453 g/mol. The van der Waals surface area contributed by atoms with Gasteiger partial charge in [-0.2, -0.15) is 4.68 Å². The van der Waals surface area contributed by atoms with E-state index in [2.05, 4.69) is 25.8 Å².